The Labute approximate surface area is 131 Å². The van der Waals surface area contributed by atoms with Crippen LogP contribution in [0.3, 0.4) is 0 Å². The minimum absolute atomic E-state index is 0.471. The lowest BCUT2D eigenvalue weighted by atomic mass is 9.99. The van der Waals surface area contributed by atoms with Gasteiger partial charge in [-0.25, -0.2) is 8.42 Å². The first-order chi connectivity index (χ1) is 10.1. The molecule has 0 spiro atoms. The van der Waals surface area contributed by atoms with Crippen LogP contribution < -0.4 is 5.32 Å². The summed E-state index contributed by atoms with van der Waals surface area (Å²) in [6.45, 7) is 5.36. The van der Waals surface area contributed by atoms with E-state index in [0.717, 1.165) is 30.9 Å². The fourth-order valence-corrected chi connectivity index (χ4v) is 5.47. The van der Waals surface area contributed by atoms with Crippen LogP contribution in [0, 0.1) is 5.92 Å². The topological polar surface area (TPSA) is 58.6 Å². The Hall–Kier alpha value is -0.470. The normalized spacial score (nSPS) is 18.2. The van der Waals surface area contributed by atoms with Gasteiger partial charge in [0.2, 0.25) is 10.0 Å². The number of nitrogens with one attached hydrogen (secondary N) is 1. The maximum Gasteiger partial charge on any atom is 0.244 e. The van der Waals surface area contributed by atoms with Crippen LogP contribution in [0.25, 0.3) is 0 Å². The minimum Gasteiger partial charge on any atom is -0.384 e. The van der Waals surface area contributed by atoms with E-state index >= 15 is 0 Å². The molecule has 1 N–H and O–H groups in total. The van der Waals surface area contributed by atoms with Crippen LogP contribution in [0.1, 0.15) is 24.6 Å². The zero-order valence-electron chi connectivity index (χ0n) is 12.7. The first-order valence-electron chi connectivity index (χ1n) is 7.35. The van der Waals surface area contributed by atoms with Gasteiger partial charge in [0.25, 0.3) is 0 Å². The van der Waals surface area contributed by atoms with Gasteiger partial charge < -0.3 is 10.1 Å². The summed E-state index contributed by atoms with van der Waals surface area (Å²) in [5.41, 5.74) is 0. The van der Waals surface area contributed by atoms with Crippen LogP contribution in [-0.2, 0) is 21.3 Å². The van der Waals surface area contributed by atoms with Crippen LogP contribution in [0.5, 0.6) is 0 Å². The molecule has 1 aliphatic heterocycles. The molecule has 21 heavy (non-hydrogen) atoms. The third kappa shape index (κ3) is 4.04. The minimum atomic E-state index is -3.36. The molecule has 1 fully saturated rings. The molecule has 0 aliphatic carbocycles. The summed E-state index contributed by atoms with van der Waals surface area (Å²) in [7, 11) is -1.66. The predicted molar refractivity (Wildman–Crippen MR) is 85.1 cm³/mol. The van der Waals surface area contributed by atoms with Crippen molar-refractivity contribution in [3.63, 3.8) is 0 Å². The average molecular weight is 332 g/mol. The molecule has 2 heterocycles. The highest BCUT2D eigenvalue weighted by Crippen LogP contribution is 2.28. The monoisotopic (exact) mass is 332 g/mol. The van der Waals surface area contributed by atoms with Crippen LogP contribution >= 0.6 is 11.3 Å². The number of hydrogen-bond donors (Lipinski definition) is 1. The standard InChI is InChI=1S/C14H24N2O3S2/c1-3-15-10-13-14(6-9-20-13)21(17,18)16-7-4-12(5-8-16)11-19-2/h6,9,12,15H,3-5,7-8,10-11H2,1-2H3. The van der Waals surface area contributed by atoms with Crippen molar-refractivity contribution in [1.82, 2.24) is 9.62 Å². The van der Waals surface area contributed by atoms with Crippen molar-refractivity contribution in [2.24, 2.45) is 5.92 Å². The Morgan fingerprint density at radius 2 is 2.14 bits per heavy atom. The molecule has 1 aliphatic rings. The first-order valence-corrected chi connectivity index (χ1v) is 9.67. The third-order valence-corrected chi connectivity index (χ3v) is 6.87. The largest absolute Gasteiger partial charge is 0.384 e. The molecule has 0 bridgehead atoms. The van der Waals surface area contributed by atoms with Crippen LogP contribution in [0.2, 0.25) is 0 Å². The maximum atomic E-state index is 12.8. The number of sulfonamides is 1. The van der Waals surface area contributed by atoms with E-state index in [1.807, 2.05) is 12.3 Å². The molecule has 2 rings (SSSR count). The highest BCUT2D eigenvalue weighted by molar-refractivity contribution is 7.89. The van der Waals surface area contributed by atoms with Gasteiger partial charge in [0.1, 0.15) is 0 Å². The summed E-state index contributed by atoms with van der Waals surface area (Å²) < 4.78 is 32.3. The number of piperidine rings is 1. The van der Waals surface area contributed by atoms with E-state index in [2.05, 4.69) is 5.32 Å². The van der Waals surface area contributed by atoms with Gasteiger partial charge in [-0.3, -0.25) is 0 Å². The summed E-state index contributed by atoms with van der Waals surface area (Å²) in [4.78, 5) is 1.37. The van der Waals surface area contributed by atoms with Crippen molar-refractivity contribution in [3.8, 4) is 0 Å². The van der Waals surface area contributed by atoms with Crippen molar-refractivity contribution in [2.75, 3.05) is 33.4 Å². The second kappa shape index (κ2) is 7.69. The summed E-state index contributed by atoms with van der Waals surface area (Å²) in [5.74, 6) is 0.477. The lowest BCUT2D eigenvalue weighted by Gasteiger charge is -2.30. The molecule has 7 heteroatoms. The molecule has 1 aromatic rings. The van der Waals surface area contributed by atoms with Crippen LogP contribution in [0.15, 0.2) is 16.3 Å². The Morgan fingerprint density at radius 3 is 2.76 bits per heavy atom. The van der Waals surface area contributed by atoms with Crippen molar-refractivity contribution < 1.29 is 13.2 Å². The third-order valence-electron chi connectivity index (χ3n) is 3.83. The Kier molecular flexibility index (Phi) is 6.19. The SMILES string of the molecule is CCNCc1sccc1S(=O)(=O)N1CCC(COC)CC1. The zero-order chi connectivity index (χ0) is 15.3. The molecular weight excluding hydrogens is 308 g/mol. The van der Waals surface area contributed by atoms with E-state index in [1.165, 1.54) is 11.3 Å². The maximum absolute atomic E-state index is 12.8. The molecule has 0 aromatic carbocycles. The van der Waals surface area contributed by atoms with E-state index in [4.69, 9.17) is 4.74 Å². The van der Waals surface area contributed by atoms with Crippen LogP contribution in [-0.4, -0.2) is 46.1 Å². The van der Waals surface area contributed by atoms with E-state index in [0.29, 0.717) is 30.4 Å². The number of thiophene rings is 1. The van der Waals surface area contributed by atoms with Crippen molar-refractivity contribution in [2.45, 2.75) is 31.2 Å². The number of ether oxygens (including phenoxy) is 1. The fraction of sp³-hybridized carbons (Fsp3) is 0.714. The van der Waals surface area contributed by atoms with Crippen molar-refractivity contribution in [1.29, 1.82) is 0 Å². The van der Waals surface area contributed by atoms with Gasteiger partial charge in [-0.15, -0.1) is 11.3 Å². The summed E-state index contributed by atoms with van der Waals surface area (Å²) in [6, 6.07) is 1.73. The van der Waals surface area contributed by atoms with Crippen molar-refractivity contribution in [3.05, 3.63) is 16.3 Å². The number of nitrogens with zero attached hydrogens (tertiary/aromatic N) is 1. The van der Waals surface area contributed by atoms with Gasteiger partial charge in [-0.05, 0) is 36.8 Å². The van der Waals surface area contributed by atoms with E-state index in [9.17, 15) is 8.42 Å². The Balaban J connectivity index is 2.07. The molecule has 0 unspecified atom stereocenters. The molecule has 0 atom stereocenters. The lowest BCUT2D eigenvalue weighted by Crippen LogP contribution is -2.39. The molecule has 1 aromatic heterocycles. The van der Waals surface area contributed by atoms with E-state index in [-0.39, 0.29) is 0 Å². The van der Waals surface area contributed by atoms with Gasteiger partial charge in [-0.1, -0.05) is 6.92 Å². The summed E-state index contributed by atoms with van der Waals surface area (Å²) in [6.07, 6.45) is 1.75. The quantitative estimate of drug-likeness (QED) is 0.828. The van der Waals surface area contributed by atoms with Gasteiger partial charge >= 0.3 is 0 Å². The summed E-state index contributed by atoms with van der Waals surface area (Å²) >= 11 is 1.50. The van der Waals surface area contributed by atoms with Crippen LogP contribution in [0.4, 0.5) is 0 Å². The molecule has 120 valence electrons. The van der Waals surface area contributed by atoms with Gasteiger partial charge in [0.15, 0.2) is 0 Å². The number of methoxy groups -OCH3 is 1. The smallest absolute Gasteiger partial charge is 0.244 e. The molecule has 0 radical (unpaired) electrons. The van der Waals surface area contributed by atoms with Crippen molar-refractivity contribution >= 4 is 21.4 Å². The highest BCUT2D eigenvalue weighted by Gasteiger charge is 2.31. The lowest BCUT2D eigenvalue weighted by molar-refractivity contribution is 0.121. The average Bonchev–Trinajstić information content (AvgIpc) is 2.95. The zero-order valence-corrected chi connectivity index (χ0v) is 14.3. The number of rotatable bonds is 7. The summed E-state index contributed by atoms with van der Waals surface area (Å²) in [5, 5.41) is 5.06. The molecular formula is C14H24N2O3S2. The predicted octanol–water partition coefficient (Wildman–Crippen LogP) is 1.90. The van der Waals surface area contributed by atoms with E-state index < -0.39 is 10.0 Å². The highest BCUT2D eigenvalue weighted by atomic mass is 32.2. The Morgan fingerprint density at radius 1 is 1.43 bits per heavy atom. The molecule has 1 saturated heterocycles. The van der Waals surface area contributed by atoms with Gasteiger partial charge in [0, 0.05) is 38.2 Å². The van der Waals surface area contributed by atoms with Gasteiger partial charge in [0.05, 0.1) is 4.90 Å². The molecule has 5 nitrogen and oxygen atoms in total. The fourth-order valence-electron chi connectivity index (χ4n) is 2.62. The first kappa shape index (κ1) is 16.9. The van der Waals surface area contributed by atoms with Gasteiger partial charge in [-0.2, -0.15) is 4.31 Å². The molecule has 0 amide bonds. The second-order valence-corrected chi connectivity index (χ2v) is 8.20. The molecule has 0 saturated carbocycles. The Bertz CT molecular complexity index is 534. The second-order valence-electron chi connectivity index (χ2n) is 5.29. The van der Waals surface area contributed by atoms with E-state index in [1.54, 1.807) is 17.5 Å². The number of hydrogen-bond acceptors (Lipinski definition) is 5.